The first-order valence-electron chi connectivity index (χ1n) is 5.53. The van der Waals surface area contributed by atoms with Crippen LogP contribution in [0.15, 0.2) is 9.59 Å². The summed E-state index contributed by atoms with van der Waals surface area (Å²) in [6.45, 7) is 0.285. The lowest BCUT2D eigenvalue weighted by molar-refractivity contribution is -0.0203. The second kappa shape index (κ2) is 3.99. The molecule has 7 nitrogen and oxygen atoms in total. The van der Waals surface area contributed by atoms with E-state index in [1.165, 1.54) is 14.1 Å². The van der Waals surface area contributed by atoms with Crippen LogP contribution in [-0.4, -0.2) is 31.6 Å². The monoisotopic (exact) mass is 240 g/mol. The van der Waals surface area contributed by atoms with Crippen molar-refractivity contribution < 1.29 is 5.11 Å². The summed E-state index contributed by atoms with van der Waals surface area (Å²) in [5.74, 6) is 0.0925. The van der Waals surface area contributed by atoms with Crippen LogP contribution in [0.4, 0.5) is 5.82 Å². The summed E-state index contributed by atoms with van der Waals surface area (Å²) >= 11 is 0. The summed E-state index contributed by atoms with van der Waals surface area (Å²) in [5.41, 5.74) is -1.68. The molecule has 94 valence electrons. The van der Waals surface area contributed by atoms with Gasteiger partial charge in [-0.05, 0) is 19.3 Å². The molecule has 0 spiro atoms. The second-order valence-corrected chi connectivity index (χ2v) is 4.55. The molecule has 1 aromatic heterocycles. The van der Waals surface area contributed by atoms with Crippen molar-refractivity contribution in [2.75, 3.05) is 11.9 Å². The van der Waals surface area contributed by atoms with Crippen molar-refractivity contribution in [2.45, 2.75) is 24.9 Å². The van der Waals surface area contributed by atoms with Crippen molar-refractivity contribution in [3.05, 3.63) is 20.8 Å². The maximum absolute atomic E-state index is 11.7. The normalized spacial score (nSPS) is 17.6. The molecule has 0 radical (unpaired) electrons. The number of aryl methyl sites for hydroxylation is 1. The summed E-state index contributed by atoms with van der Waals surface area (Å²) in [6.07, 6.45) is 2.45. The van der Waals surface area contributed by atoms with Gasteiger partial charge in [0.1, 0.15) is 0 Å². The van der Waals surface area contributed by atoms with E-state index in [9.17, 15) is 14.7 Å². The van der Waals surface area contributed by atoms with Crippen molar-refractivity contribution in [1.82, 2.24) is 14.3 Å². The van der Waals surface area contributed by atoms with Gasteiger partial charge in [0.15, 0.2) is 0 Å². The lowest BCUT2D eigenvalue weighted by Crippen LogP contribution is -2.46. The van der Waals surface area contributed by atoms with Crippen LogP contribution >= 0.6 is 0 Å². The number of hydrogen-bond donors (Lipinski definition) is 2. The summed E-state index contributed by atoms with van der Waals surface area (Å²) in [4.78, 5) is 23.1. The van der Waals surface area contributed by atoms with Gasteiger partial charge in [0.05, 0.1) is 5.60 Å². The number of aliphatic hydroxyl groups is 1. The SMILES string of the molecule is Cn1nc(NCC2(O)CCC2)c(=O)n(C)c1=O. The Kier molecular flexibility index (Phi) is 2.78. The Morgan fingerprint density at radius 3 is 2.59 bits per heavy atom. The van der Waals surface area contributed by atoms with Gasteiger partial charge in [0, 0.05) is 20.6 Å². The molecule has 17 heavy (non-hydrogen) atoms. The Balaban J connectivity index is 2.22. The van der Waals surface area contributed by atoms with Gasteiger partial charge in [0.2, 0.25) is 5.82 Å². The smallest absolute Gasteiger partial charge is 0.346 e. The van der Waals surface area contributed by atoms with Gasteiger partial charge in [-0.25, -0.2) is 9.48 Å². The van der Waals surface area contributed by atoms with Crippen LogP contribution in [0.1, 0.15) is 19.3 Å². The molecule has 0 saturated heterocycles. The third kappa shape index (κ3) is 2.10. The fourth-order valence-corrected chi connectivity index (χ4v) is 1.82. The molecule has 1 aliphatic rings. The van der Waals surface area contributed by atoms with Crippen LogP contribution in [0.5, 0.6) is 0 Å². The Labute approximate surface area is 97.7 Å². The molecule has 1 fully saturated rings. The highest BCUT2D eigenvalue weighted by atomic mass is 16.3. The lowest BCUT2D eigenvalue weighted by atomic mass is 9.80. The summed E-state index contributed by atoms with van der Waals surface area (Å²) < 4.78 is 2.08. The molecule has 2 rings (SSSR count). The van der Waals surface area contributed by atoms with Gasteiger partial charge in [-0.1, -0.05) is 0 Å². The lowest BCUT2D eigenvalue weighted by Gasteiger charge is -2.36. The highest BCUT2D eigenvalue weighted by Gasteiger charge is 2.34. The van der Waals surface area contributed by atoms with Crippen molar-refractivity contribution in [3.63, 3.8) is 0 Å². The average molecular weight is 240 g/mol. The van der Waals surface area contributed by atoms with Gasteiger partial charge in [-0.2, -0.15) is 0 Å². The van der Waals surface area contributed by atoms with Crippen LogP contribution in [0.25, 0.3) is 0 Å². The van der Waals surface area contributed by atoms with Gasteiger partial charge >= 0.3 is 5.69 Å². The predicted octanol–water partition coefficient (Wildman–Crippen LogP) is -1.19. The molecule has 2 N–H and O–H groups in total. The topological polar surface area (TPSA) is 89.2 Å². The van der Waals surface area contributed by atoms with Crippen molar-refractivity contribution in [2.24, 2.45) is 14.1 Å². The van der Waals surface area contributed by atoms with E-state index in [1.54, 1.807) is 0 Å². The average Bonchev–Trinajstić information content (AvgIpc) is 2.27. The van der Waals surface area contributed by atoms with Crippen molar-refractivity contribution >= 4 is 5.82 Å². The zero-order chi connectivity index (χ0) is 12.6. The molecule has 0 aromatic carbocycles. The van der Waals surface area contributed by atoms with Crippen LogP contribution in [0, 0.1) is 0 Å². The van der Waals surface area contributed by atoms with Crippen molar-refractivity contribution in [3.8, 4) is 0 Å². The summed E-state index contributed by atoms with van der Waals surface area (Å²) in [6, 6.07) is 0. The van der Waals surface area contributed by atoms with E-state index in [2.05, 4.69) is 10.4 Å². The van der Waals surface area contributed by atoms with E-state index in [1.807, 2.05) is 0 Å². The van der Waals surface area contributed by atoms with Crippen LogP contribution in [0.3, 0.4) is 0 Å². The van der Waals surface area contributed by atoms with E-state index >= 15 is 0 Å². The number of anilines is 1. The number of nitrogens with zero attached hydrogens (tertiary/aromatic N) is 3. The molecule has 1 aliphatic carbocycles. The Hall–Kier alpha value is -1.63. The van der Waals surface area contributed by atoms with E-state index in [-0.39, 0.29) is 12.4 Å². The van der Waals surface area contributed by atoms with E-state index in [0.717, 1.165) is 28.5 Å². The largest absolute Gasteiger partial charge is 0.388 e. The van der Waals surface area contributed by atoms with Gasteiger partial charge in [-0.3, -0.25) is 9.36 Å². The highest BCUT2D eigenvalue weighted by Crippen LogP contribution is 2.31. The minimum absolute atomic E-state index is 0.0925. The van der Waals surface area contributed by atoms with Crippen LogP contribution < -0.4 is 16.6 Å². The first-order chi connectivity index (χ1) is 7.93. The standard InChI is InChI=1S/C10H16N4O3/c1-13-8(15)7(12-14(2)9(13)16)11-6-10(17)4-3-5-10/h17H,3-6H2,1-2H3,(H,11,12). The Morgan fingerprint density at radius 2 is 2.06 bits per heavy atom. The van der Waals surface area contributed by atoms with Gasteiger partial charge < -0.3 is 10.4 Å². The maximum atomic E-state index is 11.7. The molecule has 1 heterocycles. The third-order valence-corrected chi connectivity index (χ3v) is 3.19. The molecular weight excluding hydrogens is 224 g/mol. The molecule has 0 atom stereocenters. The Morgan fingerprint density at radius 1 is 1.41 bits per heavy atom. The predicted molar refractivity (Wildman–Crippen MR) is 62.0 cm³/mol. The molecule has 7 heteroatoms. The molecule has 0 unspecified atom stereocenters. The molecule has 0 bridgehead atoms. The van der Waals surface area contributed by atoms with Gasteiger partial charge in [-0.15, -0.1) is 5.10 Å². The number of nitrogens with one attached hydrogen (secondary N) is 1. The highest BCUT2D eigenvalue weighted by molar-refractivity contribution is 5.30. The first kappa shape index (κ1) is 11.8. The fourth-order valence-electron chi connectivity index (χ4n) is 1.82. The molecule has 0 amide bonds. The zero-order valence-electron chi connectivity index (χ0n) is 9.93. The number of rotatable bonds is 3. The number of hydrogen-bond acceptors (Lipinski definition) is 5. The zero-order valence-corrected chi connectivity index (χ0v) is 9.93. The molecule has 1 saturated carbocycles. The van der Waals surface area contributed by atoms with E-state index < -0.39 is 16.9 Å². The Bertz CT molecular complexity index is 541. The minimum atomic E-state index is -0.735. The van der Waals surface area contributed by atoms with E-state index in [0.29, 0.717) is 0 Å². The van der Waals surface area contributed by atoms with Crippen LogP contribution in [-0.2, 0) is 14.1 Å². The van der Waals surface area contributed by atoms with Crippen molar-refractivity contribution in [1.29, 1.82) is 0 Å². The fraction of sp³-hybridized carbons (Fsp3) is 0.700. The maximum Gasteiger partial charge on any atom is 0.346 e. The molecular formula is C10H16N4O3. The first-order valence-corrected chi connectivity index (χ1v) is 5.53. The summed E-state index contributed by atoms with van der Waals surface area (Å²) in [7, 11) is 2.88. The second-order valence-electron chi connectivity index (χ2n) is 4.55. The quantitative estimate of drug-likeness (QED) is 0.693. The third-order valence-electron chi connectivity index (χ3n) is 3.19. The molecule has 1 aromatic rings. The minimum Gasteiger partial charge on any atom is -0.388 e. The van der Waals surface area contributed by atoms with Gasteiger partial charge in [0.25, 0.3) is 5.56 Å². The van der Waals surface area contributed by atoms with E-state index in [4.69, 9.17) is 0 Å². The van der Waals surface area contributed by atoms with Crippen LogP contribution in [0.2, 0.25) is 0 Å². The summed E-state index contributed by atoms with van der Waals surface area (Å²) in [5, 5.41) is 16.5. The number of aromatic nitrogens is 3. The molecule has 0 aliphatic heterocycles.